The van der Waals surface area contributed by atoms with Crippen molar-refractivity contribution in [1.82, 2.24) is 5.32 Å². The van der Waals surface area contributed by atoms with Crippen LogP contribution in [0.4, 0.5) is 0 Å². The Morgan fingerprint density at radius 1 is 1.22 bits per heavy atom. The third kappa shape index (κ3) is 3.29. The van der Waals surface area contributed by atoms with E-state index < -0.39 is 0 Å². The van der Waals surface area contributed by atoms with E-state index in [1.165, 1.54) is 0 Å². The van der Waals surface area contributed by atoms with Crippen LogP contribution >= 0.6 is 24.0 Å². The average molecular weight is 286 g/mol. The maximum absolute atomic E-state index is 6.10. The molecule has 0 aliphatic carbocycles. The Balaban J connectivity index is 0.00000162. The fourth-order valence-corrected chi connectivity index (χ4v) is 1.91. The van der Waals surface area contributed by atoms with Crippen molar-refractivity contribution in [3.63, 3.8) is 0 Å². The summed E-state index contributed by atoms with van der Waals surface area (Å²) in [7, 11) is 0. The third-order valence-electron chi connectivity index (χ3n) is 2.74. The van der Waals surface area contributed by atoms with Crippen LogP contribution in [0.25, 0.3) is 11.3 Å². The van der Waals surface area contributed by atoms with Gasteiger partial charge in [0.25, 0.3) is 0 Å². The third-order valence-corrected chi connectivity index (χ3v) is 3.15. The Morgan fingerprint density at radius 2 is 2.00 bits per heavy atom. The summed E-state index contributed by atoms with van der Waals surface area (Å²) in [6.45, 7) is 5.78. The molecule has 0 atom stereocenters. The molecule has 0 saturated heterocycles. The van der Waals surface area contributed by atoms with E-state index in [2.05, 4.69) is 12.2 Å². The van der Waals surface area contributed by atoms with Crippen LogP contribution in [0.1, 0.15) is 18.2 Å². The molecule has 1 heterocycles. The summed E-state index contributed by atoms with van der Waals surface area (Å²) >= 11 is 6.10. The SMILES string of the molecule is CCNCc1ccc(-c2cccc(Cl)c2C)o1.Cl. The lowest BCUT2D eigenvalue weighted by Gasteiger charge is -2.04. The van der Waals surface area contributed by atoms with E-state index in [-0.39, 0.29) is 12.4 Å². The monoisotopic (exact) mass is 285 g/mol. The van der Waals surface area contributed by atoms with Gasteiger partial charge in [-0.05, 0) is 37.2 Å². The molecule has 2 rings (SSSR count). The van der Waals surface area contributed by atoms with Crippen molar-refractivity contribution in [3.8, 4) is 11.3 Å². The van der Waals surface area contributed by atoms with Crippen LogP contribution in [0.5, 0.6) is 0 Å². The van der Waals surface area contributed by atoms with Crippen molar-refractivity contribution in [1.29, 1.82) is 0 Å². The molecule has 0 amide bonds. The molecule has 0 aliphatic rings. The van der Waals surface area contributed by atoms with E-state index in [0.717, 1.165) is 40.8 Å². The summed E-state index contributed by atoms with van der Waals surface area (Å²) < 4.78 is 5.79. The Bertz CT molecular complexity index is 508. The maximum atomic E-state index is 6.10. The normalized spacial score (nSPS) is 10.2. The number of halogens is 2. The molecule has 2 aromatic rings. The molecule has 2 nitrogen and oxygen atoms in total. The standard InChI is InChI=1S/C14H16ClNO.ClH/c1-3-16-9-11-7-8-14(17-11)12-5-4-6-13(15)10(12)2;/h4-8,16H,3,9H2,1-2H3;1H. The first-order valence-electron chi connectivity index (χ1n) is 5.77. The number of hydrogen-bond acceptors (Lipinski definition) is 2. The van der Waals surface area contributed by atoms with Gasteiger partial charge in [0.05, 0.1) is 6.54 Å². The van der Waals surface area contributed by atoms with Gasteiger partial charge in [-0.15, -0.1) is 12.4 Å². The molecule has 0 radical (unpaired) electrons. The molecule has 0 spiro atoms. The highest BCUT2D eigenvalue weighted by Gasteiger charge is 2.08. The lowest BCUT2D eigenvalue weighted by atomic mass is 10.1. The Kier molecular flexibility index (Phi) is 5.73. The molecule has 1 aromatic carbocycles. The lowest BCUT2D eigenvalue weighted by Crippen LogP contribution is -2.10. The summed E-state index contributed by atoms with van der Waals surface area (Å²) in [6, 6.07) is 9.85. The second-order valence-electron chi connectivity index (χ2n) is 3.96. The van der Waals surface area contributed by atoms with Crippen LogP contribution in [0.15, 0.2) is 34.7 Å². The maximum Gasteiger partial charge on any atom is 0.134 e. The second kappa shape index (κ2) is 6.83. The van der Waals surface area contributed by atoms with Gasteiger partial charge in [-0.2, -0.15) is 0 Å². The minimum Gasteiger partial charge on any atom is -0.460 e. The summed E-state index contributed by atoms with van der Waals surface area (Å²) in [5, 5.41) is 4.01. The molecule has 0 saturated carbocycles. The highest BCUT2D eigenvalue weighted by molar-refractivity contribution is 6.31. The van der Waals surface area contributed by atoms with E-state index in [1.54, 1.807) is 0 Å². The van der Waals surface area contributed by atoms with Gasteiger partial charge in [0, 0.05) is 10.6 Å². The van der Waals surface area contributed by atoms with Gasteiger partial charge in [0.1, 0.15) is 11.5 Å². The van der Waals surface area contributed by atoms with Gasteiger partial charge in [0.15, 0.2) is 0 Å². The van der Waals surface area contributed by atoms with Crippen molar-refractivity contribution >= 4 is 24.0 Å². The first kappa shape index (κ1) is 15.1. The predicted molar refractivity (Wildman–Crippen MR) is 78.5 cm³/mol. The fraction of sp³-hybridized carbons (Fsp3) is 0.286. The smallest absolute Gasteiger partial charge is 0.134 e. The zero-order chi connectivity index (χ0) is 12.3. The van der Waals surface area contributed by atoms with Gasteiger partial charge < -0.3 is 9.73 Å². The topological polar surface area (TPSA) is 25.2 Å². The molecule has 98 valence electrons. The number of rotatable bonds is 4. The molecular weight excluding hydrogens is 269 g/mol. The van der Waals surface area contributed by atoms with Crippen molar-refractivity contribution in [2.24, 2.45) is 0 Å². The van der Waals surface area contributed by atoms with Crippen LogP contribution in [0.2, 0.25) is 5.02 Å². The number of nitrogens with one attached hydrogen (secondary N) is 1. The van der Waals surface area contributed by atoms with Crippen LogP contribution < -0.4 is 5.32 Å². The van der Waals surface area contributed by atoms with Crippen LogP contribution in [0, 0.1) is 6.92 Å². The number of hydrogen-bond donors (Lipinski definition) is 1. The average Bonchev–Trinajstić information content (AvgIpc) is 2.78. The fourth-order valence-electron chi connectivity index (χ4n) is 1.74. The van der Waals surface area contributed by atoms with Crippen molar-refractivity contribution in [3.05, 3.63) is 46.7 Å². The molecule has 4 heteroatoms. The van der Waals surface area contributed by atoms with E-state index >= 15 is 0 Å². The zero-order valence-electron chi connectivity index (χ0n) is 10.5. The highest BCUT2D eigenvalue weighted by Crippen LogP contribution is 2.29. The first-order valence-corrected chi connectivity index (χ1v) is 6.15. The predicted octanol–water partition coefficient (Wildman–Crippen LogP) is 4.44. The molecule has 1 aromatic heterocycles. The van der Waals surface area contributed by atoms with Crippen LogP contribution in [0.3, 0.4) is 0 Å². The lowest BCUT2D eigenvalue weighted by molar-refractivity contribution is 0.498. The second-order valence-corrected chi connectivity index (χ2v) is 4.37. The zero-order valence-corrected chi connectivity index (χ0v) is 12.1. The van der Waals surface area contributed by atoms with Crippen LogP contribution in [-0.2, 0) is 6.54 Å². The summed E-state index contributed by atoms with van der Waals surface area (Å²) in [6.07, 6.45) is 0. The Morgan fingerprint density at radius 3 is 2.72 bits per heavy atom. The van der Waals surface area contributed by atoms with Crippen molar-refractivity contribution in [2.45, 2.75) is 20.4 Å². The minimum absolute atomic E-state index is 0. The largest absolute Gasteiger partial charge is 0.460 e. The Hall–Kier alpha value is -0.960. The first-order chi connectivity index (χ1) is 8.22. The van der Waals surface area contributed by atoms with Crippen molar-refractivity contribution < 1.29 is 4.42 Å². The van der Waals surface area contributed by atoms with Gasteiger partial charge in [-0.3, -0.25) is 0 Å². The van der Waals surface area contributed by atoms with Crippen LogP contribution in [-0.4, -0.2) is 6.54 Å². The molecule has 0 aliphatic heterocycles. The molecular formula is C14H17Cl2NO. The van der Waals surface area contributed by atoms with Gasteiger partial charge in [0.2, 0.25) is 0 Å². The summed E-state index contributed by atoms with van der Waals surface area (Å²) in [5.41, 5.74) is 2.11. The van der Waals surface area contributed by atoms with E-state index in [4.69, 9.17) is 16.0 Å². The number of benzene rings is 1. The molecule has 0 fully saturated rings. The highest BCUT2D eigenvalue weighted by atomic mass is 35.5. The van der Waals surface area contributed by atoms with Gasteiger partial charge >= 0.3 is 0 Å². The van der Waals surface area contributed by atoms with E-state index in [1.807, 2.05) is 37.3 Å². The van der Waals surface area contributed by atoms with E-state index in [9.17, 15) is 0 Å². The minimum atomic E-state index is 0. The quantitative estimate of drug-likeness (QED) is 0.898. The molecule has 18 heavy (non-hydrogen) atoms. The van der Waals surface area contributed by atoms with E-state index in [0.29, 0.717) is 0 Å². The molecule has 0 bridgehead atoms. The molecule has 1 N–H and O–H groups in total. The summed E-state index contributed by atoms with van der Waals surface area (Å²) in [5.74, 6) is 1.82. The van der Waals surface area contributed by atoms with Crippen molar-refractivity contribution in [2.75, 3.05) is 6.54 Å². The Labute approximate surface area is 119 Å². The van der Waals surface area contributed by atoms with Gasteiger partial charge in [-0.25, -0.2) is 0 Å². The number of furan rings is 1. The summed E-state index contributed by atoms with van der Waals surface area (Å²) in [4.78, 5) is 0. The van der Waals surface area contributed by atoms with Gasteiger partial charge in [-0.1, -0.05) is 30.7 Å². The molecule has 0 unspecified atom stereocenters.